The third-order valence-electron chi connectivity index (χ3n) is 5.40. The van der Waals surface area contributed by atoms with Crippen LogP contribution in [-0.2, 0) is 4.79 Å². The molecular formula is C25H20N2OS. The molecule has 1 aliphatic heterocycles. The highest BCUT2D eigenvalue weighted by molar-refractivity contribution is 7.17. The maximum Gasteiger partial charge on any atom is 0.221 e. The number of anilines is 1. The van der Waals surface area contributed by atoms with Crippen LogP contribution in [-0.4, -0.2) is 11.6 Å². The van der Waals surface area contributed by atoms with Crippen molar-refractivity contribution in [2.24, 2.45) is 10.9 Å². The monoisotopic (exact) mass is 396 g/mol. The van der Waals surface area contributed by atoms with Crippen molar-refractivity contribution in [1.29, 1.82) is 0 Å². The quantitative estimate of drug-likeness (QED) is 0.553. The van der Waals surface area contributed by atoms with Gasteiger partial charge in [0.1, 0.15) is 0 Å². The number of hydrogen-bond acceptors (Lipinski definition) is 3. The highest BCUT2D eigenvalue weighted by Crippen LogP contribution is 2.38. The minimum Gasteiger partial charge on any atom is -0.326 e. The lowest BCUT2D eigenvalue weighted by atomic mass is 9.88. The lowest BCUT2D eigenvalue weighted by Crippen LogP contribution is -2.10. The summed E-state index contributed by atoms with van der Waals surface area (Å²) < 4.78 is 1.31. The van der Waals surface area contributed by atoms with E-state index in [1.54, 1.807) is 11.3 Å². The number of benzene rings is 2. The zero-order chi connectivity index (χ0) is 19.8. The van der Waals surface area contributed by atoms with Crippen LogP contribution in [0.1, 0.15) is 24.5 Å². The fourth-order valence-electron chi connectivity index (χ4n) is 4.03. The van der Waals surface area contributed by atoms with Gasteiger partial charge in [-0.2, -0.15) is 0 Å². The van der Waals surface area contributed by atoms with Gasteiger partial charge in [0.05, 0.1) is 0 Å². The number of fused-ring (bicyclic) bond motifs is 2. The molecular weight excluding hydrogens is 376 g/mol. The molecule has 29 heavy (non-hydrogen) atoms. The number of rotatable bonds is 3. The molecule has 2 aromatic carbocycles. The third kappa shape index (κ3) is 3.36. The Morgan fingerprint density at radius 3 is 2.93 bits per heavy atom. The molecule has 4 heteroatoms. The number of amides is 1. The molecule has 3 nitrogen and oxygen atoms in total. The summed E-state index contributed by atoms with van der Waals surface area (Å²) in [6, 6.07) is 16.6. The summed E-state index contributed by atoms with van der Waals surface area (Å²) in [5.41, 5.74) is 6.76. The van der Waals surface area contributed by atoms with E-state index in [1.807, 2.05) is 24.4 Å². The molecule has 0 saturated heterocycles. The SMILES string of the molecule is CC(=O)Nc1cccc(C2=CN=C3C=CC(c4csc5ccccc45)=CCC23)c1. The molecule has 1 aliphatic carbocycles. The highest BCUT2D eigenvalue weighted by Gasteiger charge is 2.26. The van der Waals surface area contributed by atoms with Gasteiger partial charge in [-0.1, -0.05) is 42.5 Å². The second kappa shape index (κ2) is 7.30. The van der Waals surface area contributed by atoms with Gasteiger partial charge in [-0.15, -0.1) is 11.3 Å². The number of hydrogen-bond donors (Lipinski definition) is 1. The van der Waals surface area contributed by atoms with Crippen LogP contribution in [0.3, 0.4) is 0 Å². The summed E-state index contributed by atoms with van der Waals surface area (Å²) in [4.78, 5) is 16.1. The van der Waals surface area contributed by atoms with E-state index in [-0.39, 0.29) is 11.8 Å². The molecule has 0 spiro atoms. The summed E-state index contributed by atoms with van der Waals surface area (Å²) in [5, 5.41) is 6.42. The first-order chi connectivity index (χ1) is 14.2. The van der Waals surface area contributed by atoms with Gasteiger partial charge >= 0.3 is 0 Å². The Hall–Kier alpha value is -3.24. The van der Waals surface area contributed by atoms with Crippen LogP contribution in [0.15, 0.2) is 83.3 Å². The first kappa shape index (κ1) is 17.8. The van der Waals surface area contributed by atoms with Gasteiger partial charge in [-0.05, 0) is 58.3 Å². The molecule has 5 rings (SSSR count). The van der Waals surface area contributed by atoms with Crippen LogP contribution in [0.5, 0.6) is 0 Å². The largest absolute Gasteiger partial charge is 0.326 e. The van der Waals surface area contributed by atoms with Crippen molar-refractivity contribution in [1.82, 2.24) is 0 Å². The number of aliphatic imine (C=N–C) groups is 1. The molecule has 1 amide bonds. The lowest BCUT2D eigenvalue weighted by Gasteiger charge is -2.14. The van der Waals surface area contributed by atoms with Crippen molar-refractivity contribution in [2.75, 3.05) is 5.32 Å². The Morgan fingerprint density at radius 1 is 1.14 bits per heavy atom. The molecule has 142 valence electrons. The molecule has 2 aliphatic rings. The van der Waals surface area contributed by atoms with Crippen molar-refractivity contribution < 1.29 is 4.79 Å². The second-order valence-electron chi connectivity index (χ2n) is 7.33. The number of carbonyl (C=O) groups is 1. The van der Waals surface area contributed by atoms with E-state index in [4.69, 9.17) is 4.99 Å². The normalized spacial score (nSPS) is 18.0. The van der Waals surface area contributed by atoms with Gasteiger partial charge in [0.2, 0.25) is 5.91 Å². The molecule has 1 aromatic heterocycles. The van der Waals surface area contributed by atoms with E-state index in [0.717, 1.165) is 23.4 Å². The Balaban J connectivity index is 1.45. The molecule has 3 aromatic rings. The fraction of sp³-hybridized carbons (Fsp3) is 0.120. The summed E-state index contributed by atoms with van der Waals surface area (Å²) in [7, 11) is 0. The van der Waals surface area contributed by atoms with Crippen LogP contribution in [0.2, 0.25) is 0 Å². The first-order valence-electron chi connectivity index (χ1n) is 9.70. The van der Waals surface area contributed by atoms with Gasteiger partial charge in [0.25, 0.3) is 0 Å². The summed E-state index contributed by atoms with van der Waals surface area (Å²) in [5.74, 6) is 0.175. The first-order valence-corrected chi connectivity index (χ1v) is 10.6. The number of carbonyl (C=O) groups excluding carboxylic acids is 1. The number of thiophene rings is 1. The zero-order valence-corrected chi connectivity index (χ0v) is 16.9. The van der Waals surface area contributed by atoms with Crippen molar-refractivity contribution >= 4 is 49.9 Å². The van der Waals surface area contributed by atoms with Crippen LogP contribution < -0.4 is 5.32 Å². The third-order valence-corrected chi connectivity index (χ3v) is 6.36. The Kier molecular flexibility index (Phi) is 4.49. The maximum atomic E-state index is 11.4. The van der Waals surface area contributed by atoms with E-state index in [9.17, 15) is 4.79 Å². The zero-order valence-electron chi connectivity index (χ0n) is 16.1. The number of allylic oxidation sites excluding steroid dienone is 5. The molecule has 0 fully saturated rings. The summed E-state index contributed by atoms with van der Waals surface area (Å²) in [6.07, 6.45) is 9.54. The average Bonchev–Trinajstić information content (AvgIpc) is 3.27. The van der Waals surface area contributed by atoms with Crippen LogP contribution in [0.4, 0.5) is 5.69 Å². The molecule has 0 radical (unpaired) electrons. The van der Waals surface area contributed by atoms with Crippen LogP contribution in [0.25, 0.3) is 21.2 Å². The van der Waals surface area contributed by atoms with Crippen LogP contribution >= 0.6 is 11.3 Å². The van der Waals surface area contributed by atoms with Crippen molar-refractivity contribution in [2.45, 2.75) is 13.3 Å². The molecule has 0 saturated carbocycles. The predicted octanol–water partition coefficient (Wildman–Crippen LogP) is 6.31. The number of nitrogens with zero attached hydrogens (tertiary/aromatic N) is 1. The van der Waals surface area contributed by atoms with Crippen molar-refractivity contribution in [3.05, 3.63) is 89.5 Å². The maximum absolute atomic E-state index is 11.4. The van der Waals surface area contributed by atoms with Crippen molar-refractivity contribution in [3.63, 3.8) is 0 Å². The predicted molar refractivity (Wildman–Crippen MR) is 123 cm³/mol. The minimum atomic E-state index is -0.0625. The van der Waals surface area contributed by atoms with E-state index in [0.29, 0.717) is 0 Å². The van der Waals surface area contributed by atoms with Crippen LogP contribution in [0, 0.1) is 5.92 Å². The Morgan fingerprint density at radius 2 is 2.03 bits per heavy atom. The summed E-state index contributed by atoms with van der Waals surface area (Å²) in [6.45, 7) is 1.53. The van der Waals surface area contributed by atoms with Gasteiger partial charge < -0.3 is 5.32 Å². The molecule has 2 heterocycles. The van der Waals surface area contributed by atoms with E-state index < -0.39 is 0 Å². The Labute approximate surface area is 173 Å². The Bertz CT molecular complexity index is 1240. The fourth-order valence-corrected chi connectivity index (χ4v) is 5.00. The summed E-state index contributed by atoms with van der Waals surface area (Å²) >= 11 is 1.79. The van der Waals surface area contributed by atoms with Crippen molar-refractivity contribution in [3.8, 4) is 0 Å². The van der Waals surface area contributed by atoms with Gasteiger partial charge in [0, 0.05) is 40.5 Å². The average molecular weight is 397 g/mol. The molecule has 1 unspecified atom stereocenters. The molecule has 1 atom stereocenters. The molecule has 0 bridgehead atoms. The van der Waals surface area contributed by atoms with E-state index in [2.05, 4.69) is 59.3 Å². The second-order valence-corrected chi connectivity index (χ2v) is 8.24. The number of nitrogens with one attached hydrogen (secondary N) is 1. The van der Waals surface area contributed by atoms with Gasteiger partial charge in [0.15, 0.2) is 0 Å². The van der Waals surface area contributed by atoms with E-state index >= 15 is 0 Å². The van der Waals surface area contributed by atoms with E-state index in [1.165, 1.54) is 33.7 Å². The van der Waals surface area contributed by atoms with Gasteiger partial charge in [-0.3, -0.25) is 9.79 Å². The smallest absolute Gasteiger partial charge is 0.221 e. The standard InChI is InChI=1S/C25H20N2OS/c1-16(28)27-19-6-4-5-18(13-19)22-14-26-24-12-10-17(9-11-20(22)24)23-15-29-25-8-3-2-7-21(23)25/h2-10,12-15,20H,11H2,1H3,(H,27,28). The lowest BCUT2D eigenvalue weighted by molar-refractivity contribution is -0.114. The minimum absolute atomic E-state index is 0.0625. The molecule has 1 N–H and O–H groups in total. The highest BCUT2D eigenvalue weighted by atomic mass is 32.1. The topological polar surface area (TPSA) is 41.5 Å². The van der Waals surface area contributed by atoms with Gasteiger partial charge in [-0.25, -0.2) is 0 Å².